The van der Waals surface area contributed by atoms with Crippen LogP contribution in [0, 0.1) is 0 Å². The molecular formula is C30H31N11O2. The Morgan fingerprint density at radius 1 is 1.14 bits per heavy atom. The lowest BCUT2D eigenvalue weighted by molar-refractivity contribution is 0.101. The number of hydrogen-bond donors (Lipinski definition) is 3. The second-order valence-corrected chi connectivity index (χ2v) is 10.7. The number of carbonyl (C=O) groups is 1. The van der Waals surface area contributed by atoms with Gasteiger partial charge in [-0.25, -0.2) is 24.6 Å². The molecule has 1 aliphatic rings. The second kappa shape index (κ2) is 10.8. The number of rotatable bonds is 7. The number of nitrogen functional groups attached to an aromatic ring is 1. The fourth-order valence-corrected chi connectivity index (χ4v) is 5.89. The monoisotopic (exact) mass is 577 g/mol. The van der Waals surface area contributed by atoms with Crippen molar-refractivity contribution in [3.63, 3.8) is 0 Å². The first-order chi connectivity index (χ1) is 21.0. The number of nitrogens with two attached hydrogens (primary N) is 1. The maximum atomic E-state index is 13.3. The van der Waals surface area contributed by atoms with E-state index in [1.807, 2.05) is 54.3 Å². The summed E-state index contributed by atoms with van der Waals surface area (Å²) in [7, 11) is 3.39. The number of methoxy groups -OCH3 is 1. The molecule has 0 spiro atoms. The molecule has 0 aliphatic carbocycles. The summed E-state index contributed by atoms with van der Waals surface area (Å²) in [5.74, 6) is 0.592. The highest BCUT2D eigenvalue weighted by Gasteiger charge is 2.27. The van der Waals surface area contributed by atoms with Crippen LogP contribution in [-0.4, -0.2) is 70.3 Å². The summed E-state index contributed by atoms with van der Waals surface area (Å²) >= 11 is 0. The zero-order valence-electron chi connectivity index (χ0n) is 23.9. The maximum Gasteiger partial charge on any atom is 0.272 e. The number of imidazole rings is 1. The predicted molar refractivity (Wildman–Crippen MR) is 163 cm³/mol. The molecule has 13 nitrogen and oxygen atoms in total. The molecule has 1 aromatic carbocycles. The summed E-state index contributed by atoms with van der Waals surface area (Å²) in [6.45, 7) is 2.69. The van der Waals surface area contributed by atoms with Gasteiger partial charge >= 0.3 is 0 Å². The number of aromatic amines is 1. The van der Waals surface area contributed by atoms with Crippen molar-refractivity contribution in [2.24, 2.45) is 7.05 Å². The van der Waals surface area contributed by atoms with Crippen molar-refractivity contribution in [2.75, 3.05) is 31.2 Å². The van der Waals surface area contributed by atoms with Crippen LogP contribution in [0.25, 0.3) is 33.3 Å². The lowest BCUT2D eigenvalue weighted by Gasteiger charge is -2.31. The van der Waals surface area contributed by atoms with Crippen molar-refractivity contribution in [3.8, 4) is 17.0 Å². The third kappa shape index (κ3) is 4.83. The topological polar surface area (TPSA) is 158 Å². The minimum Gasteiger partial charge on any atom is -0.495 e. The summed E-state index contributed by atoms with van der Waals surface area (Å²) < 4.78 is 9.48. The van der Waals surface area contributed by atoms with Gasteiger partial charge in [-0.15, -0.1) is 0 Å². The van der Waals surface area contributed by atoms with Gasteiger partial charge in [-0.05, 0) is 43.2 Å². The van der Waals surface area contributed by atoms with E-state index in [0.717, 1.165) is 54.8 Å². The molecule has 0 radical (unpaired) electrons. The number of ether oxygens (including phenoxy) is 1. The van der Waals surface area contributed by atoms with Crippen LogP contribution in [0.2, 0.25) is 0 Å². The number of pyridine rings is 1. The Bertz CT molecular complexity index is 1940. The molecule has 1 saturated heterocycles. The van der Waals surface area contributed by atoms with Crippen LogP contribution in [-0.2, 0) is 13.6 Å². The highest BCUT2D eigenvalue weighted by molar-refractivity contribution is 6.07. The number of anilines is 2. The summed E-state index contributed by atoms with van der Waals surface area (Å²) in [4.78, 5) is 36.2. The van der Waals surface area contributed by atoms with E-state index in [1.54, 1.807) is 24.2 Å². The molecule has 1 fully saturated rings. The van der Waals surface area contributed by atoms with E-state index in [9.17, 15) is 4.79 Å². The highest BCUT2D eigenvalue weighted by atomic mass is 16.5. The highest BCUT2D eigenvalue weighted by Crippen LogP contribution is 2.37. The molecule has 1 aliphatic heterocycles. The molecule has 5 aromatic heterocycles. The molecule has 0 atom stereocenters. The van der Waals surface area contributed by atoms with Crippen LogP contribution in [0.3, 0.4) is 0 Å². The van der Waals surface area contributed by atoms with Crippen molar-refractivity contribution >= 4 is 39.5 Å². The van der Waals surface area contributed by atoms with Crippen LogP contribution in [0.1, 0.15) is 35.1 Å². The molecule has 13 heteroatoms. The van der Waals surface area contributed by atoms with Crippen LogP contribution in [0.5, 0.6) is 5.75 Å². The summed E-state index contributed by atoms with van der Waals surface area (Å²) in [6, 6.07) is 11.3. The van der Waals surface area contributed by atoms with Crippen LogP contribution >= 0.6 is 0 Å². The zero-order valence-corrected chi connectivity index (χ0v) is 23.9. The van der Waals surface area contributed by atoms with Crippen molar-refractivity contribution in [2.45, 2.75) is 25.4 Å². The zero-order chi connectivity index (χ0) is 29.5. The molecular weight excluding hydrogens is 546 g/mol. The normalized spacial score (nSPS) is 14.5. The number of nitrogens with one attached hydrogen (secondary N) is 2. The number of amides is 1. The number of H-pyrrole nitrogens is 1. The molecule has 0 saturated carbocycles. The fraction of sp³-hybridized carbons (Fsp3) is 0.267. The Balaban J connectivity index is 1.17. The summed E-state index contributed by atoms with van der Waals surface area (Å²) in [5, 5.41) is 9.62. The van der Waals surface area contributed by atoms with Gasteiger partial charge in [-0.3, -0.25) is 9.69 Å². The smallest absolute Gasteiger partial charge is 0.272 e. The van der Waals surface area contributed by atoms with Gasteiger partial charge in [-0.1, -0.05) is 6.07 Å². The third-order valence-corrected chi connectivity index (χ3v) is 8.11. The Hall–Kier alpha value is -5.30. The van der Waals surface area contributed by atoms with Crippen molar-refractivity contribution in [3.05, 3.63) is 72.8 Å². The number of likely N-dealkylation sites (tertiary alicyclic amines) is 1. The number of aromatic nitrogens is 8. The average Bonchev–Trinajstić information content (AvgIpc) is 3.77. The van der Waals surface area contributed by atoms with Crippen LogP contribution in [0.15, 0.2) is 61.4 Å². The van der Waals surface area contributed by atoms with Crippen molar-refractivity contribution in [1.82, 2.24) is 44.2 Å². The molecule has 6 heterocycles. The summed E-state index contributed by atoms with van der Waals surface area (Å²) in [5.41, 5.74) is 11.4. The lowest BCUT2D eigenvalue weighted by Crippen LogP contribution is -2.34. The molecule has 0 bridgehead atoms. The number of hydrogen-bond acceptors (Lipinski definition) is 9. The first-order valence-corrected chi connectivity index (χ1v) is 14.1. The average molecular weight is 578 g/mol. The van der Waals surface area contributed by atoms with E-state index >= 15 is 0 Å². The van der Waals surface area contributed by atoms with Gasteiger partial charge in [-0.2, -0.15) is 5.10 Å². The van der Waals surface area contributed by atoms with E-state index < -0.39 is 0 Å². The Morgan fingerprint density at radius 3 is 2.77 bits per heavy atom. The molecule has 43 heavy (non-hydrogen) atoms. The number of benzene rings is 1. The number of aryl methyl sites for hydroxylation is 1. The Kier molecular flexibility index (Phi) is 6.70. The molecule has 6 aromatic rings. The lowest BCUT2D eigenvalue weighted by atomic mass is 10.0. The fourth-order valence-electron chi connectivity index (χ4n) is 5.89. The minimum atomic E-state index is -0.266. The number of nitrogens with zero attached hydrogens (tertiary/aromatic N) is 8. The molecule has 218 valence electrons. The first-order valence-electron chi connectivity index (χ1n) is 14.1. The van der Waals surface area contributed by atoms with Crippen LogP contribution < -0.4 is 15.8 Å². The van der Waals surface area contributed by atoms with E-state index in [2.05, 4.69) is 35.1 Å². The summed E-state index contributed by atoms with van der Waals surface area (Å²) in [6.07, 6.45) is 8.61. The van der Waals surface area contributed by atoms with Crippen molar-refractivity contribution < 1.29 is 9.53 Å². The van der Waals surface area contributed by atoms with Crippen molar-refractivity contribution in [1.29, 1.82) is 0 Å². The standard InChI is InChI=1S/C30H31N11O2/c1-39-23(12-19-4-3-9-33-28(19)39)30(42)37-22-6-5-18(13-24(22)43-2)26-25-27(31)35-17-36-29(25)41(38-26)21-7-10-40(11-8-21)15-20-14-32-16-34-20/h3-6,9,12-14,16-17,21H,7-8,10-11,15H2,1-2H3,(H,32,34)(H,37,42)(H2,31,35,36). The van der Waals surface area contributed by atoms with E-state index in [0.29, 0.717) is 39.7 Å². The van der Waals surface area contributed by atoms with Gasteiger partial charge in [0.15, 0.2) is 5.65 Å². The van der Waals surface area contributed by atoms with E-state index in [4.69, 9.17) is 15.6 Å². The molecule has 0 unspecified atom stereocenters. The number of piperidine rings is 1. The van der Waals surface area contributed by atoms with Gasteiger partial charge < -0.3 is 25.3 Å². The SMILES string of the molecule is COc1cc(-c2nn(C3CCN(Cc4cnc[nH]4)CC3)c3ncnc(N)c23)ccc1NC(=O)c1cc2cccnc2n1C. The predicted octanol–water partition coefficient (Wildman–Crippen LogP) is 3.78. The minimum absolute atomic E-state index is 0.166. The largest absolute Gasteiger partial charge is 0.495 e. The number of carbonyl (C=O) groups excluding carboxylic acids is 1. The van der Waals surface area contributed by atoms with Gasteiger partial charge in [0, 0.05) is 55.7 Å². The van der Waals surface area contributed by atoms with Gasteiger partial charge in [0.1, 0.15) is 34.9 Å². The molecule has 7 rings (SSSR count). The quantitative estimate of drug-likeness (QED) is 0.257. The molecule has 1 amide bonds. The van der Waals surface area contributed by atoms with Gasteiger partial charge in [0.05, 0.1) is 30.6 Å². The first kappa shape index (κ1) is 26.6. The van der Waals surface area contributed by atoms with Gasteiger partial charge in [0.25, 0.3) is 5.91 Å². The van der Waals surface area contributed by atoms with E-state index in [-0.39, 0.29) is 11.9 Å². The van der Waals surface area contributed by atoms with E-state index in [1.165, 1.54) is 6.33 Å². The maximum absolute atomic E-state index is 13.3. The molecule has 4 N–H and O–H groups in total. The third-order valence-electron chi connectivity index (χ3n) is 8.11. The van der Waals surface area contributed by atoms with Gasteiger partial charge in [0.2, 0.25) is 0 Å². The Morgan fingerprint density at radius 2 is 2.00 bits per heavy atom. The van der Waals surface area contributed by atoms with Crippen LogP contribution in [0.4, 0.5) is 11.5 Å². The number of fused-ring (bicyclic) bond motifs is 2. The second-order valence-electron chi connectivity index (χ2n) is 10.7. The Labute approximate surface area is 246 Å².